The molecule has 1 aromatic carbocycles. The number of hydrogen-bond acceptors (Lipinski definition) is 6. The molecule has 0 radical (unpaired) electrons. The third-order valence-electron chi connectivity index (χ3n) is 4.69. The molecule has 1 aromatic rings. The maximum Gasteiger partial charge on any atom is 0.241 e. The highest BCUT2D eigenvalue weighted by Crippen LogP contribution is 2.32. The normalized spacial score (nSPS) is 18.5. The predicted molar refractivity (Wildman–Crippen MR) is 100 cm³/mol. The quantitative estimate of drug-likeness (QED) is 0.618. The fourth-order valence-corrected chi connectivity index (χ4v) is 4.24. The number of benzene rings is 1. The maximum atomic E-state index is 12.8. The molecule has 2 heterocycles. The zero-order chi connectivity index (χ0) is 19.4. The SMILES string of the molecule is CC(C)C(NS(=O)(=O)c1ccc2c(c1)OCCCO2)C(=O)NCC1CNC1. The molecule has 2 aliphatic heterocycles. The molecule has 1 unspecified atom stereocenters. The lowest BCUT2D eigenvalue weighted by Gasteiger charge is -2.28. The van der Waals surface area contributed by atoms with Crippen LogP contribution in [0, 0.1) is 11.8 Å². The van der Waals surface area contributed by atoms with E-state index in [9.17, 15) is 13.2 Å². The number of sulfonamides is 1. The molecule has 0 aromatic heterocycles. The lowest BCUT2D eigenvalue weighted by atomic mass is 10.0. The molecule has 0 bridgehead atoms. The van der Waals surface area contributed by atoms with Crippen LogP contribution in [0.15, 0.2) is 23.1 Å². The summed E-state index contributed by atoms with van der Waals surface area (Å²) in [5, 5.41) is 5.99. The van der Waals surface area contributed by atoms with Crippen molar-refractivity contribution in [2.45, 2.75) is 31.2 Å². The van der Waals surface area contributed by atoms with Crippen molar-refractivity contribution >= 4 is 15.9 Å². The van der Waals surface area contributed by atoms with Gasteiger partial charge in [0.25, 0.3) is 0 Å². The summed E-state index contributed by atoms with van der Waals surface area (Å²) in [7, 11) is -3.88. The van der Waals surface area contributed by atoms with Crippen molar-refractivity contribution in [2.75, 3.05) is 32.8 Å². The van der Waals surface area contributed by atoms with Gasteiger partial charge in [-0.15, -0.1) is 0 Å². The number of carbonyl (C=O) groups excluding carboxylic acids is 1. The zero-order valence-electron chi connectivity index (χ0n) is 15.7. The van der Waals surface area contributed by atoms with E-state index in [1.807, 2.05) is 13.8 Å². The summed E-state index contributed by atoms with van der Waals surface area (Å²) < 4.78 is 39.3. The number of carbonyl (C=O) groups is 1. The first kappa shape index (κ1) is 19.9. The molecule has 8 nitrogen and oxygen atoms in total. The molecule has 0 aliphatic carbocycles. The van der Waals surface area contributed by atoms with Crippen LogP contribution in [-0.4, -0.2) is 53.2 Å². The Labute approximate surface area is 160 Å². The molecule has 1 fully saturated rings. The van der Waals surface area contributed by atoms with Crippen molar-refractivity contribution in [3.05, 3.63) is 18.2 Å². The molecule has 2 aliphatic rings. The van der Waals surface area contributed by atoms with Gasteiger partial charge in [-0.25, -0.2) is 8.42 Å². The first-order valence-electron chi connectivity index (χ1n) is 9.27. The average molecular weight is 397 g/mol. The number of amides is 1. The fourth-order valence-electron chi connectivity index (χ4n) is 2.89. The van der Waals surface area contributed by atoms with E-state index in [-0.39, 0.29) is 16.7 Å². The van der Waals surface area contributed by atoms with E-state index in [2.05, 4.69) is 15.4 Å². The molecule has 1 amide bonds. The Morgan fingerprint density at radius 3 is 2.56 bits per heavy atom. The van der Waals surface area contributed by atoms with Crippen LogP contribution < -0.4 is 24.8 Å². The van der Waals surface area contributed by atoms with Gasteiger partial charge in [-0.3, -0.25) is 4.79 Å². The zero-order valence-corrected chi connectivity index (χ0v) is 16.5. The molecule has 1 saturated heterocycles. The summed E-state index contributed by atoms with van der Waals surface area (Å²) in [6, 6.07) is 3.64. The third kappa shape index (κ3) is 4.91. The van der Waals surface area contributed by atoms with Gasteiger partial charge < -0.3 is 20.1 Å². The van der Waals surface area contributed by atoms with E-state index in [1.165, 1.54) is 12.1 Å². The average Bonchev–Trinajstić information content (AvgIpc) is 2.82. The Kier molecular flexibility index (Phi) is 6.23. The van der Waals surface area contributed by atoms with Crippen LogP contribution in [0.2, 0.25) is 0 Å². The second-order valence-corrected chi connectivity index (χ2v) is 8.99. The molecule has 0 spiro atoms. The first-order chi connectivity index (χ1) is 12.9. The first-order valence-corrected chi connectivity index (χ1v) is 10.8. The minimum atomic E-state index is -3.88. The van der Waals surface area contributed by atoms with Crippen LogP contribution in [0.3, 0.4) is 0 Å². The number of ether oxygens (including phenoxy) is 2. The summed E-state index contributed by atoms with van der Waals surface area (Å²) in [5.41, 5.74) is 0. The third-order valence-corrected chi connectivity index (χ3v) is 6.13. The highest BCUT2D eigenvalue weighted by Gasteiger charge is 2.30. The fraction of sp³-hybridized carbons (Fsp3) is 0.611. The smallest absolute Gasteiger partial charge is 0.241 e. The second kappa shape index (κ2) is 8.45. The summed E-state index contributed by atoms with van der Waals surface area (Å²) in [6.45, 7) is 6.91. The van der Waals surface area contributed by atoms with Gasteiger partial charge in [0.15, 0.2) is 11.5 Å². The molecule has 1 atom stereocenters. The van der Waals surface area contributed by atoms with E-state index >= 15 is 0 Å². The highest BCUT2D eigenvalue weighted by molar-refractivity contribution is 7.89. The van der Waals surface area contributed by atoms with E-state index in [1.54, 1.807) is 6.07 Å². The van der Waals surface area contributed by atoms with Gasteiger partial charge in [0.2, 0.25) is 15.9 Å². The molecule has 9 heteroatoms. The largest absolute Gasteiger partial charge is 0.490 e. The van der Waals surface area contributed by atoms with Crippen molar-refractivity contribution in [3.8, 4) is 11.5 Å². The minimum Gasteiger partial charge on any atom is -0.490 e. The Bertz CT molecular complexity index is 777. The van der Waals surface area contributed by atoms with E-state index in [4.69, 9.17) is 9.47 Å². The van der Waals surface area contributed by atoms with Crippen LogP contribution in [0.4, 0.5) is 0 Å². The van der Waals surface area contributed by atoms with E-state index in [0.29, 0.717) is 37.2 Å². The Morgan fingerprint density at radius 2 is 1.93 bits per heavy atom. The highest BCUT2D eigenvalue weighted by atomic mass is 32.2. The van der Waals surface area contributed by atoms with Crippen LogP contribution in [0.5, 0.6) is 11.5 Å². The topological polar surface area (TPSA) is 106 Å². The molecule has 3 N–H and O–H groups in total. The lowest BCUT2D eigenvalue weighted by Crippen LogP contribution is -2.53. The standard InChI is InChI=1S/C18H27N3O5S/c1-12(2)17(18(22)20-11-13-9-19-10-13)21-27(23,24)14-4-5-15-16(8-14)26-7-3-6-25-15/h4-5,8,12-13,17,19,21H,3,6-7,9-11H2,1-2H3,(H,20,22). The molecule has 27 heavy (non-hydrogen) atoms. The van der Waals surface area contributed by atoms with E-state index < -0.39 is 16.1 Å². The van der Waals surface area contributed by atoms with Crippen molar-refractivity contribution in [3.63, 3.8) is 0 Å². The molecule has 150 valence electrons. The van der Waals surface area contributed by atoms with Gasteiger partial charge >= 0.3 is 0 Å². The van der Waals surface area contributed by atoms with Gasteiger partial charge in [-0.2, -0.15) is 4.72 Å². The summed E-state index contributed by atoms with van der Waals surface area (Å²) in [4.78, 5) is 12.6. The van der Waals surface area contributed by atoms with Crippen molar-refractivity contribution in [1.29, 1.82) is 0 Å². The van der Waals surface area contributed by atoms with Crippen LogP contribution in [0.1, 0.15) is 20.3 Å². The van der Waals surface area contributed by atoms with Crippen LogP contribution in [0.25, 0.3) is 0 Å². The number of rotatable bonds is 7. The summed E-state index contributed by atoms with van der Waals surface area (Å²) >= 11 is 0. The Hall–Kier alpha value is -1.84. The number of hydrogen-bond donors (Lipinski definition) is 3. The lowest BCUT2D eigenvalue weighted by molar-refractivity contribution is -0.123. The molecular weight excluding hydrogens is 370 g/mol. The van der Waals surface area contributed by atoms with Crippen molar-refractivity contribution in [2.24, 2.45) is 11.8 Å². The van der Waals surface area contributed by atoms with Crippen LogP contribution >= 0.6 is 0 Å². The van der Waals surface area contributed by atoms with Crippen molar-refractivity contribution in [1.82, 2.24) is 15.4 Å². The Morgan fingerprint density at radius 1 is 1.22 bits per heavy atom. The predicted octanol–water partition coefficient (Wildman–Crippen LogP) is 0.486. The minimum absolute atomic E-state index is 0.0494. The van der Waals surface area contributed by atoms with Gasteiger partial charge in [0.1, 0.15) is 6.04 Å². The molecular formula is C18H27N3O5S. The van der Waals surface area contributed by atoms with Gasteiger partial charge in [-0.1, -0.05) is 13.8 Å². The van der Waals surface area contributed by atoms with Gasteiger partial charge in [0, 0.05) is 38.0 Å². The van der Waals surface area contributed by atoms with E-state index in [0.717, 1.165) is 19.5 Å². The maximum absolute atomic E-state index is 12.8. The van der Waals surface area contributed by atoms with Gasteiger partial charge in [0.05, 0.1) is 18.1 Å². The Balaban J connectivity index is 1.72. The van der Waals surface area contributed by atoms with Crippen LogP contribution in [-0.2, 0) is 14.8 Å². The molecule has 0 saturated carbocycles. The summed E-state index contributed by atoms with van der Waals surface area (Å²) in [5.74, 6) is 0.826. The number of fused-ring (bicyclic) bond motifs is 1. The molecule has 3 rings (SSSR count). The van der Waals surface area contributed by atoms with Gasteiger partial charge in [-0.05, 0) is 18.1 Å². The van der Waals surface area contributed by atoms with Crippen molar-refractivity contribution < 1.29 is 22.7 Å². The number of nitrogens with one attached hydrogen (secondary N) is 3. The second-order valence-electron chi connectivity index (χ2n) is 7.27. The monoisotopic (exact) mass is 397 g/mol. The summed E-state index contributed by atoms with van der Waals surface area (Å²) in [6.07, 6.45) is 0.737.